The lowest BCUT2D eigenvalue weighted by Crippen LogP contribution is -2.66. The standard InChI is InChI=1S/C55H86O25/c1-18-38-24(4)26(6)47(51(72-38)71-37(17)63)80-55-50(70-36(16)62)45(29(9)42(76-55)22-66-32(12)58)79-54-49(69-35(15)61)44(28(8)41(75-54)21-65-31(11)57)78-53-48(68-34(14)60)43(27(7)40(74-53)20-64-30(10)56)77-52-46(67-33(13)59)25(5)23(3)39(19-2)73-52/h23-29,38-55H,18-22H2,1-17H3/t23-,24-,25+,26+,27+,28+,29+,38?,39?,40?,41?,42?,43+,44+,45+,46?,47?,48?,49?,50?,51?,52+,53+,54+,55+/m1/s1. The number of carbonyl (C=O) groups excluding carboxylic acids is 8. The Hall–Kier alpha value is -4.60. The molecule has 5 aliphatic rings. The lowest BCUT2D eigenvalue weighted by molar-refractivity contribution is -0.385. The van der Waals surface area contributed by atoms with Crippen LogP contribution >= 0.6 is 0 Å². The van der Waals surface area contributed by atoms with E-state index in [1.54, 1.807) is 20.8 Å². The maximum atomic E-state index is 13.4. The van der Waals surface area contributed by atoms with Crippen molar-refractivity contribution in [1.82, 2.24) is 0 Å². The van der Waals surface area contributed by atoms with E-state index in [4.69, 9.17) is 80.5 Å². The van der Waals surface area contributed by atoms with Crippen molar-refractivity contribution in [1.29, 1.82) is 0 Å². The van der Waals surface area contributed by atoms with E-state index in [0.717, 1.165) is 13.8 Å². The average molecular weight is 1150 g/mol. The van der Waals surface area contributed by atoms with Gasteiger partial charge >= 0.3 is 47.8 Å². The SMILES string of the molecule is CCC1OC(OC(C)=O)C(O[C@@H]2OC(COC(C)=O)[C@H](C)[C@H](O[C@@H]3OC(COC(C)=O)[C@H](C)[C@H](O[C@@H]4OC(COC(C)=O)[C@H](C)[C@H](O[C@@H]5OC(CC)[C@H](C)[C@H](C)C5OC(C)=O)C4OC(C)=O)C3OC(C)=O)C2OC(C)=O)[C@@H](C)[C@H]1C. The Morgan fingerprint density at radius 3 is 0.812 bits per heavy atom. The molecule has 5 saturated heterocycles. The van der Waals surface area contributed by atoms with Crippen molar-refractivity contribution in [3.8, 4) is 0 Å². The highest BCUT2D eigenvalue weighted by molar-refractivity contribution is 5.68. The molecule has 25 atom stereocenters. The van der Waals surface area contributed by atoms with Crippen LogP contribution in [-0.2, 0) is 119 Å². The Labute approximate surface area is 468 Å². The van der Waals surface area contributed by atoms with E-state index >= 15 is 0 Å². The molecule has 456 valence electrons. The Morgan fingerprint density at radius 1 is 0.275 bits per heavy atom. The van der Waals surface area contributed by atoms with Crippen LogP contribution in [0.4, 0.5) is 0 Å². The first-order valence-corrected chi connectivity index (χ1v) is 27.7. The summed E-state index contributed by atoms with van der Waals surface area (Å²) >= 11 is 0. The van der Waals surface area contributed by atoms with Gasteiger partial charge < -0.3 is 80.5 Å². The molecule has 0 aromatic heterocycles. The molecule has 0 saturated carbocycles. The summed E-state index contributed by atoms with van der Waals surface area (Å²) in [7, 11) is 0. The van der Waals surface area contributed by atoms with Gasteiger partial charge in [-0.25, -0.2) is 0 Å². The number of esters is 8. The molecule has 0 N–H and O–H groups in total. The van der Waals surface area contributed by atoms with Gasteiger partial charge in [0.05, 0.1) is 12.2 Å². The fourth-order valence-corrected chi connectivity index (χ4v) is 11.1. The molecule has 5 aliphatic heterocycles. The van der Waals surface area contributed by atoms with E-state index in [-0.39, 0.29) is 49.1 Å². The summed E-state index contributed by atoms with van der Waals surface area (Å²) in [6, 6.07) is 0. The van der Waals surface area contributed by atoms with Crippen molar-refractivity contribution in [3.05, 3.63) is 0 Å². The van der Waals surface area contributed by atoms with Crippen LogP contribution in [0.5, 0.6) is 0 Å². The van der Waals surface area contributed by atoms with Gasteiger partial charge in [0.15, 0.2) is 49.6 Å². The summed E-state index contributed by atoms with van der Waals surface area (Å²) in [5.41, 5.74) is 0. The maximum Gasteiger partial charge on any atom is 0.305 e. The molecule has 0 aromatic rings. The van der Waals surface area contributed by atoms with Gasteiger partial charge in [-0.1, -0.05) is 62.3 Å². The molecule has 11 unspecified atom stereocenters. The zero-order valence-corrected chi connectivity index (χ0v) is 49.2. The van der Waals surface area contributed by atoms with E-state index in [1.165, 1.54) is 41.5 Å². The minimum absolute atomic E-state index is 0.0735. The van der Waals surface area contributed by atoms with E-state index in [9.17, 15) is 38.4 Å². The van der Waals surface area contributed by atoms with Crippen LogP contribution in [0.3, 0.4) is 0 Å². The normalized spacial score (nSPS) is 40.0. The number of rotatable bonds is 21. The van der Waals surface area contributed by atoms with Crippen LogP contribution in [-0.4, -0.2) is 178 Å². The van der Waals surface area contributed by atoms with Crippen molar-refractivity contribution in [3.63, 3.8) is 0 Å². The fourth-order valence-electron chi connectivity index (χ4n) is 11.1. The van der Waals surface area contributed by atoms with Gasteiger partial charge in [-0.15, -0.1) is 0 Å². The van der Waals surface area contributed by atoms with Crippen LogP contribution in [0.1, 0.15) is 131 Å². The molecule has 5 fully saturated rings. The third kappa shape index (κ3) is 17.0. The topological polar surface area (TPSA) is 293 Å². The molecule has 0 bridgehead atoms. The zero-order valence-electron chi connectivity index (χ0n) is 49.2. The third-order valence-electron chi connectivity index (χ3n) is 15.9. The van der Waals surface area contributed by atoms with Gasteiger partial charge in [-0.2, -0.15) is 0 Å². The van der Waals surface area contributed by atoms with Crippen LogP contribution in [0.2, 0.25) is 0 Å². The van der Waals surface area contributed by atoms with E-state index in [2.05, 4.69) is 0 Å². The molecule has 5 rings (SSSR count). The minimum atomic E-state index is -1.71. The van der Waals surface area contributed by atoms with Gasteiger partial charge in [0.25, 0.3) is 0 Å². The number of carbonyl (C=O) groups is 8. The first kappa shape index (κ1) is 66.2. The van der Waals surface area contributed by atoms with Crippen LogP contribution < -0.4 is 0 Å². The molecule has 0 aromatic carbocycles. The first-order valence-electron chi connectivity index (χ1n) is 27.7. The molecule has 25 nitrogen and oxygen atoms in total. The second-order valence-corrected chi connectivity index (χ2v) is 21.8. The Kier molecular flexibility index (Phi) is 24.5. The van der Waals surface area contributed by atoms with Gasteiger partial charge in [0, 0.05) is 79.1 Å². The van der Waals surface area contributed by atoms with Crippen molar-refractivity contribution in [2.75, 3.05) is 19.8 Å². The highest BCUT2D eigenvalue weighted by Gasteiger charge is 2.58. The molecule has 80 heavy (non-hydrogen) atoms. The number of ether oxygens (including phenoxy) is 17. The summed E-state index contributed by atoms with van der Waals surface area (Å²) in [6.07, 6.45) is -20.5. The maximum absolute atomic E-state index is 13.4. The minimum Gasteiger partial charge on any atom is -0.463 e. The quantitative estimate of drug-likeness (QED) is 0.114. The average Bonchev–Trinajstić information content (AvgIpc) is 3.36. The van der Waals surface area contributed by atoms with Crippen LogP contribution in [0.25, 0.3) is 0 Å². The lowest BCUT2D eigenvalue weighted by Gasteiger charge is -2.52. The second-order valence-electron chi connectivity index (χ2n) is 21.8. The van der Waals surface area contributed by atoms with E-state index < -0.39 is 171 Å². The largest absolute Gasteiger partial charge is 0.463 e. The predicted octanol–water partition coefficient (Wildman–Crippen LogP) is 4.40. The number of hydrogen-bond acceptors (Lipinski definition) is 25. The summed E-state index contributed by atoms with van der Waals surface area (Å²) in [4.78, 5) is 102. The van der Waals surface area contributed by atoms with Gasteiger partial charge in [-0.05, 0) is 30.6 Å². The predicted molar refractivity (Wildman–Crippen MR) is 271 cm³/mol. The summed E-state index contributed by atoms with van der Waals surface area (Å²) in [6.45, 7) is 25.1. The monoisotopic (exact) mass is 1150 g/mol. The summed E-state index contributed by atoms with van der Waals surface area (Å²) in [5.74, 6) is -9.01. The molecule has 0 spiro atoms. The third-order valence-corrected chi connectivity index (χ3v) is 15.9. The Bertz CT molecular complexity index is 2120. The van der Waals surface area contributed by atoms with E-state index in [0.29, 0.717) is 12.8 Å². The summed E-state index contributed by atoms with van der Waals surface area (Å²) < 4.78 is 106. The lowest BCUT2D eigenvalue weighted by atomic mass is 9.82. The molecule has 5 heterocycles. The summed E-state index contributed by atoms with van der Waals surface area (Å²) in [5, 5.41) is 0. The highest BCUT2D eigenvalue weighted by Crippen LogP contribution is 2.44. The van der Waals surface area contributed by atoms with Gasteiger partial charge in [0.2, 0.25) is 6.29 Å². The van der Waals surface area contributed by atoms with Crippen molar-refractivity contribution >= 4 is 47.8 Å². The molecule has 0 aliphatic carbocycles. The molecular formula is C55H86O25. The molecular weight excluding hydrogens is 1060 g/mol. The van der Waals surface area contributed by atoms with Crippen LogP contribution in [0.15, 0.2) is 0 Å². The Morgan fingerprint density at radius 2 is 0.525 bits per heavy atom. The zero-order chi connectivity index (χ0) is 59.6. The van der Waals surface area contributed by atoms with Crippen LogP contribution in [0, 0.1) is 41.4 Å². The first-order chi connectivity index (χ1) is 37.6. The van der Waals surface area contributed by atoms with E-state index in [1.807, 2.05) is 41.5 Å². The molecule has 0 amide bonds. The molecule has 25 heteroatoms. The number of hydrogen-bond donors (Lipinski definition) is 0. The molecule has 0 radical (unpaired) electrons. The van der Waals surface area contributed by atoms with Crippen molar-refractivity contribution < 1.29 is 119 Å². The smallest absolute Gasteiger partial charge is 0.305 e. The van der Waals surface area contributed by atoms with Gasteiger partial charge in [0.1, 0.15) is 62.5 Å². The highest BCUT2D eigenvalue weighted by atomic mass is 16.8. The van der Waals surface area contributed by atoms with Gasteiger partial charge in [-0.3, -0.25) is 38.4 Å². The second kappa shape index (κ2) is 29.6. The Balaban J connectivity index is 1.64. The van der Waals surface area contributed by atoms with Crippen molar-refractivity contribution in [2.45, 2.75) is 241 Å². The fraction of sp³-hybridized carbons (Fsp3) is 0.855. The van der Waals surface area contributed by atoms with Crippen molar-refractivity contribution in [2.24, 2.45) is 41.4 Å².